The lowest BCUT2D eigenvalue weighted by atomic mass is 10.1. The van der Waals surface area contributed by atoms with E-state index in [1.54, 1.807) is 25.3 Å². The van der Waals surface area contributed by atoms with Crippen LogP contribution in [0, 0.1) is 6.92 Å². The zero-order valence-electron chi connectivity index (χ0n) is 19.8. The first-order chi connectivity index (χ1) is 16.2. The van der Waals surface area contributed by atoms with E-state index in [1.165, 1.54) is 13.2 Å². The molecule has 0 fully saturated rings. The van der Waals surface area contributed by atoms with Gasteiger partial charge in [0.2, 0.25) is 5.95 Å². The Balaban J connectivity index is 1.71. The topological polar surface area (TPSA) is 113 Å². The van der Waals surface area contributed by atoms with Crippen molar-refractivity contribution in [3.8, 4) is 5.75 Å². The second-order valence-corrected chi connectivity index (χ2v) is 10.4. The molecule has 2 N–H and O–H groups in total. The van der Waals surface area contributed by atoms with E-state index >= 15 is 0 Å². The lowest BCUT2D eigenvalue weighted by Gasteiger charge is -2.28. The van der Waals surface area contributed by atoms with E-state index in [9.17, 15) is 8.42 Å². The summed E-state index contributed by atoms with van der Waals surface area (Å²) in [6.45, 7) is 7.75. The van der Waals surface area contributed by atoms with Crippen molar-refractivity contribution in [2.75, 3.05) is 23.1 Å². The Kier molecular flexibility index (Phi) is 6.43. The van der Waals surface area contributed by atoms with Crippen LogP contribution in [-0.4, -0.2) is 47.5 Å². The van der Waals surface area contributed by atoms with Gasteiger partial charge in [-0.2, -0.15) is 10.1 Å². The van der Waals surface area contributed by atoms with Crippen molar-refractivity contribution in [1.29, 1.82) is 0 Å². The van der Waals surface area contributed by atoms with Gasteiger partial charge in [-0.1, -0.05) is 6.92 Å². The van der Waals surface area contributed by atoms with Gasteiger partial charge in [-0.3, -0.25) is 5.10 Å². The van der Waals surface area contributed by atoms with Crippen LogP contribution in [0.1, 0.15) is 26.5 Å². The van der Waals surface area contributed by atoms with Gasteiger partial charge in [-0.05, 0) is 63.2 Å². The van der Waals surface area contributed by atoms with Crippen LogP contribution in [0.5, 0.6) is 5.75 Å². The molecular weight excluding hydrogens is 452 g/mol. The first-order valence-corrected chi connectivity index (χ1v) is 12.6. The van der Waals surface area contributed by atoms with Crippen LogP contribution in [0.3, 0.4) is 0 Å². The molecule has 0 saturated carbocycles. The minimum absolute atomic E-state index is 0.00824. The quantitative estimate of drug-likeness (QED) is 0.371. The highest BCUT2D eigenvalue weighted by atomic mass is 32.2. The van der Waals surface area contributed by atoms with Crippen molar-refractivity contribution in [3.63, 3.8) is 0 Å². The fourth-order valence-electron chi connectivity index (χ4n) is 3.80. The van der Waals surface area contributed by atoms with Gasteiger partial charge < -0.3 is 15.0 Å². The monoisotopic (exact) mass is 480 g/mol. The van der Waals surface area contributed by atoms with Gasteiger partial charge in [-0.15, -0.1) is 0 Å². The molecule has 10 heteroatoms. The predicted octanol–water partition coefficient (Wildman–Crippen LogP) is 4.75. The highest BCUT2D eigenvalue weighted by Gasteiger charge is 2.18. The fraction of sp³-hybridized carbons (Fsp3) is 0.292. The molecule has 4 aromatic rings. The summed E-state index contributed by atoms with van der Waals surface area (Å²) in [6.07, 6.45) is 1.66. The highest BCUT2D eigenvalue weighted by Crippen LogP contribution is 2.32. The Morgan fingerprint density at radius 3 is 2.65 bits per heavy atom. The van der Waals surface area contributed by atoms with Crippen molar-refractivity contribution in [1.82, 2.24) is 20.2 Å². The van der Waals surface area contributed by atoms with E-state index in [4.69, 9.17) is 9.72 Å². The Labute approximate surface area is 199 Å². The first kappa shape index (κ1) is 23.5. The number of aromatic amines is 1. The Morgan fingerprint density at radius 2 is 1.94 bits per heavy atom. The number of sulfone groups is 1. The molecule has 2 aromatic heterocycles. The van der Waals surface area contributed by atoms with E-state index in [-0.39, 0.29) is 16.7 Å². The normalized spacial score (nSPS) is 11.7. The molecule has 0 saturated heterocycles. The maximum Gasteiger partial charge on any atom is 0.229 e. The van der Waals surface area contributed by atoms with Crippen molar-refractivity contribution in [2.24, 2.45) is 0 Å². The summed E-state index contributed by atoms with van der Waals surface area (Å²) in [5.41, 5.74) is 3.34. The number of fused-ring (bicyclic) bond motifs is 1. The van der Waals surface area contributed by atoms with Crippen molar-refractivity contribution in [3.05, 3.63) is 54.4 Å². The second-order valence-electron chi connectivity index (χ2n) is 8.13. The van der Waals surface area contributed by atoms with Crippen molar-refractivity contribution < 1.29 is 13.2 Å². The number of aromatic nitrogens is 4. The van der Waals surface area contributed by atoms with Gasteiger partial charge >= 0.3 is 0 Å². The smallest absolute Gasteiger partial charge is 0.229 e. The highest BCUT2D eigenvalue weighted by molar-refractivity contribution is 7.91. The number of hydrogen-bond acceptors (Lipinski definition) is 8. The third-order valence-corrected chi connectivity index (χ3v) is 7.31. The van der Waals surface area contributed by atoms with Crippen LogP contribution in [0.2, 0.25) is 0 Å². The molecule has 34 heavy (non-hydrogen) atoms. The molecule has 0 spiro atoms. The number of nitrogens with zero attached hydrogens (tertiary/aromatic N) is 4. The van der Waals surface area contributed by atoms with Crippen LogP contribution >= 0.6 is 0 Å². The van der Waals surface area contributed by atoms with Gasteiger partial charge in [0.15, 0.2) is 9.84 Å². The number of ether oxygens (including phenoxy) is 1. The summed E-state index contributed by atoms with van der Waals surface area (Å²) >= 11 is 0. The van der Waals surface area contributed by atoms with Gasteiger partial charge in [0, 0.05) is 23.3 Å². The molecule has 0 aliphatic rings. The molecule has 0 aliphatic carbocycles. The minimum atomic E-state index is -3.38. The molecule has 0 aliphatic heterocycles. The maximum absolute atomic E-state index is 12.4. The summed E-state index contributed by atoms with van der Waals surface area (Å²) in [4.78, 5) is 11.4. The van der Waals surface area contributed by atoms with Gasteiger partial charge in [0.1, 0.15) is 11.6 Å². The number of hydrogen-bond donors (Lipinski definition) is 2. The average Bonchev–Trinajstić information content (AvgIpc) is 3.19. The maximum atomic E-state index is 12.4. The van der Waals surface area contributed by atoms with Crippen molar-refractivity contribution >= 4 is 43.9 Å². The van der Waals surface area contributed by atoms with E-state index in [0.717, 1.165) is 22.3 Å². The number of methoxy groups -OCH3 is 1. The average molecular weight is 481 g/mol. The largest absolute Gasteiger partial charge is 0.495 e. The zero-order chi connectivity index (χ0) is 24.5. The summed E-state index contributed by atoms with van der Waals surface area (Å²) < 4.78 is 30.1. The van der Waals surface area contributed by atoms with E-state index < -0.39 is 9.84 Å². The Hall–Kier alpha value is -3.66. The molecule has 0 unspecified atom stereocenters. The van der Waals surface area contributed by atoms with E-state index in [2.05, 4.69) is 39.2 Å². The molecule has 0 atom stereocenters. The SMILES string of the molecule is CCS(=O)(=O)c1ccc(OC)c(Nc2nccc(N(c3ccc4c(C)n[nH]c4c3)C(C)C)n2)c1. The number of nitrogens with one attached hydrogen (secondary N) is 2. The Bertz CT molecular complexity index is 1430. The van der Waals surface area contributed by atoms with Crippen LogP contribution < -0.4 is 15.0 Å². The molecule has 0 radical (unpaired) electrons. The van der Waals surface area contributed by atoms with Crippen molar-refractivity contribution in [2.45, 2.75) is 38.6 Å². The lowest BCUT2D eigenvalue weighted by Crippen LogP contribution is -2.26. The van der Waals surface area contributed by atoms with Gasteiger partial charge in [-0.25, -0.2) is 13.4 Å². The summed E-state index contributed by atoms with van der Waals surface area (Å²) in [6, 6.07) is 12.8. The number of aryl methyl sites for hydroxylation is 1. The van der Waals surface area contributed by atoms with Crippen LogP contribution in [-0.2, 0) is 9.84 Å². The van der Waals surface area contributed by atoms with Crippen LogP contribution in [0.25, 0.3) is 10.9 Å². The lowest BCUT2D eigenvalue weighted by molar-refractivity contribution is 0.416. The number of anilines is 4. The molecule has 178 valence electrons. The van der Waals surface area contributed by atoms with E-state index in [0.29, 0.717) is 23.2 Å². The van der Waals surface area contributed by atoms with Crippen LogP contribution in [0.15, 0.2) is 53.6 Å². The van der Waals surface area contributed by atoms with Crippen LogP contribution in [0.4, 0.5) is 23.1 Å². The zero-order valence-corrected chi connectivity index (χ0v) is 20.6. The predicted molar refractivity (Wildman–Crippen MR) is 134 cm³/mol. The summed E-state index contributed by atoms with van der Waals surface area (Å²) in [5, 5.41) is 11.6. The number of benzene rings is 2. The number of rotatable bonds is 8. The second kappa shape index (κ2) is 9.30. The molecule has 0 amide bonds. The standard InChI is InChI=1S/C24H28N6O3S/c1-6-34(31,32)18-8-10-22(33-5)21(14-18)26-24-25-12-11-23(27-24)30(15(2)3)17-7-9-19-16(4)28-29-20(19)13-17/h7-15H,6H2,1-5H3,(H,28,29)(H,25,26,27). The molecule has 4 rings (SSSR count). The first-order valence-electron chi connectivity index (χ1n) is 11.0. The van der Waals surface area contributed by atoms with Gasteiger partial charge in [0.25, 0.3) is 0 Å². The van der Waals surface area contributed by atoms with Gasteiger partial charge in [0.05, 0.1) is 34.7 Å². The molecule has 2 heterocycles. The molecular formula is C24H28N6O3S. The van der Waals surface area contributed by atoms with E-state index in [1.807, 2.05) is 31.2 Å². The Morgan fingerprint density at radius 1 is 1.15 bits per heavy atom. The molecule has 2 aromatic carbocycles. The minimum Gasteiger partial charge on any atom is -0.495 e. The molecule has 9 nitrogen and oxygen atoms in total. The summed E-state index contributed by atoms with van der Waals surface area (Å²) in [7, 11) is -1.85. The number of H-pyrrole nitrogens is 1. The third kappa shape index (κ3) is 4.54. The molecule has 0 bridgehead atoms. The third-order valence-electron chi connectivity index (χ3n) is 5.58. The summed E-state index contributed by atoms with van der Waals surface area (Å²) in [5.74, 6) is 1.52. The fourth-order valence-corrected chi connectivity index (χ4v) is 4.70.